The summed E-state index contributed by atoms with van der Waals surface area (Å²) in [5, 5.41) is 15.5. The molecule has 6 amide bonds. The Balaban J connectivity index is 0.799. The minimum atomic E-state index is -1.09. The number of carboxylic acid groups (broad SMARTS) is 1. The van der Waals surface area contributed by atoms with E-state index in [2.05, 4.69) is 16.7 Å². The van der Waals surface area contributed by atoms with E-state index in [9.17, 15) is 38.7 Å². The number of allylic oxidation sites excluding steroid dienone is 2. The highest BCUT2D eigenvalue weighted by molar-refractivity contribution is 6.24. The highest BCUT2D eigenvalue weighted by Crippen LogP contribution is 2.45. The Hall–Kier alpha value is -7.49. The Kier molecular flexibility index (Phi) is 19.9. The summed E-state index contributed by atoms with van der Waals surface area (Å²) in [6.45, 7) is 1.34. The zero-order valence-corrected chi connectivity index (χ0v) is 43.5. The predicted molar refractivity (Wildman–Crippen MR) is 272 cm³/mol. The molecule has 21 nitrogen and oxygen atoms in total. The van der Waals surface area contributed by atoms with Gasteiger partial charge in [-0.1, -0.05) is 35.9 Å². The number of benzene rings is 3. The van der Waals surface area contributed by atoms with Crippen molar-refractivity contribution < 1.29 is 81.3 Å². The molecule has 76 heavy (non-hydrogen) atoms. The Morgan fingerprint density at radius 1 is 0.789 bits per heavy atom. The molecule has 2 fully saturated rings. The van der Waals surface area contributed by atoms with Crippen LogP contribution in [0.2, 0.25) is 0 Å². The molecule has 3 aliphatic heterocycles. The molecule has 3 aromatic rings. The minimum Gasteiger partial charge on any atom is -0.493 e. The number of imide groups is 2. The van der Waals surface area contributed by atoms with E-state index >= 15 is 0 Å². The van der Waals surface area contributed by atoms with Gasteiger partial charge in [0.25, 0.3) is 11.8 Å². The number of aliphatic carboxylic acids is 1. The second-order valence-electron chi connectivity index (χ2n) is 18.4. The Morgan fingerprint density at radius 3 is 2.21 bits per heavy atom. The summed E-state index contributed by atoms with van der Waals surface area (Å²) in [5.74, 6) is -1.89. The predicted octanol–water partition coefficient (Wildman–Crippen LogP) is 4.36. The highest BCUT2D eigenvalue weighted by atomic mass is 16.5. The maximum Gasteiger partial charge on any atom is 0.326 e. The first kappa shape index (κ1) is 56.2. The van der Waals surface area contributed by atoms with Crippen molar-refractivity contribution in [2.24, 2.45) is 0 Å². The van der Waals surface area contributed by atoms with Crippen LogP contribution in [0.3, 0.4) is 0 Å². The zero-order valence-electron chi connectivity index (χ0n) is 43.5. The van der Waals surface area contributed by atoms with Gasteiger partial charge in [0.1, 0.15) is 31.0 Å². The topological polar surface area (TPSA) is 253 Å². The molecule has 21 heteroatoms. The van der Waals surface area contributed by atoms with Crippen LogP contribution in [0.1, 0.15) is 88.3 Å². The first-order valence-corrected chi connectivity index (χ1v) is 25.2. The molecule has 7 rings (SSSR count). The molecule has 3 unspecified atom stereocenters. The number of amides is 6. The summed E-state index contributed by atoms with van der Waals surface area (Å²) in [5.41, 5.74) is 3.84. The van der Waals surface area contributed by atoms with Gasteiger partial charge in [0, 0.05) is 25.1 Å². The lowest BCUT2D eigenvalue weighted by Crippen LogP contribution is -2.54. The molecular formula is C55H66N4O17. The second-order valence-corrected chi connectivity index (χ2v) is 18.4. The number of hydrogen-bond acceptors (Lipinski definition) is 16. The van der Waals surface area contributed by atoms with Crippen LogP contribution in [0, 0.1) is 0 Å². The Bertz CT molecular complexity index is 2680. The van der Waals surface area contributed by atoms with Crippen molar-refractivity contribution in [3.05, 3.63) is 94.1 Å². The molecule has 0 radical (unpaired) electrons. The molecule has 4 aliphatic rings. The van der Waals surface area contributed by atoms with Gasteiger partial charge < -0.3 is 58.0 Å². The fourth-order valence-electron chi connectivity index (χ4n) is 10.1. The molecule has 2 saturated heterocycles. The lowest BCUT2D eigenvalue weighted by Gasteiger charge is -2.38. The number of rotatable bonds is 27. The van der Waals surface area contributed by atoms with Gasteiger partial charge in [-0.2, -0.15) is 0 Å². The van der Waals surface area contributed by atoms with Crippen molar-refractivity contribution in [1.29, 1.82) is 0 Å². The molecule has 3 heterocycles. The van der Waals surface area contributed by atoms with Gasteiger partial charge in [0.15, 0.2) is 23.0 Å². The van der Waals surface area contributed by atoms with E-state index in [4.69, 9.17) is 42.6 Å². The molecule has 1 aliphatic carbocycles. The highest BCUT2D eigenvalue weighted by Gasteiger charge is 2.46. The van der Waals surface area contributed by atoms with Gasteiger partial charge in [-0.15, -0.1) is 0 Å². The number of hydrogen-bond donors (Lipinski definition) is 3. The molecule has 408 valence electrons. The summed E-state index contributed by atoms with van der Waals surface area (Å²) >= 11 is 0. The number of methoxy groups -OCH3 is 5. The largest absolute Gasteiger partial charge is 0.493 e. The second kappa shape index (κ2) is 26.8. The standard InChI is InChI=1S/C55H66N4O17/c1-68-42-17-15-35(48(51(42)72-5)36-19-21-58(40(31-36)55(66)67)47(62)30-34-28-43(69-2)50(71-4)44(29-34)70-3)11-6-9-33-10-7-12-37(27-33)76-32-46(61)56-20-22-73-23-24-74-25-26-75-41-14-8-13-38-49(41)54(65)59(53(38)64)39-16-18-45(60)57-52(39)63/h7-8,10,12-15,17,28-29,36-37,39-40H,6,9,11,16,18-27,30-32H2,1-5H3,(H,56,61)(H,66,67)(H,57,60,63)/t36?,37?,39?,40-/m0/s1. The number of fused-ring (bicyclic) bond motifs is 1. The number of carbonyl (C=O) groups is 7. The minimum absolute atomic E-state index is 0.0225. The number of likely N-dealkylation sites (tertiary alicyclic amines) is 1. The summed E-state index contributed by atoms with van der Waals surface area (Å²) in [6.07, 6.45) is 9.17. The number of aryl methyl sites for hydroxylation is 1. The van der Waals surface area contributed by atoms with E-state index in [0.29, 0.717) is 53.6 Å². The normalized spacial score (nSPS) is 19.1. The number of piperidine rings is 2. The molecule has 0 aromatic heterocycles. The summed E-state index contributed by atoms with van der Waals surface area (Å²) in [6, 6.07) is 9.72. The van der Waals surface area contributed by atoms with Crippen LogP contribution < -0.4 is 39.1 Å². The average Bonchev–Trinajstić information content (AvgIpc) is 3.69. The van der Waals surface area contributed by atoms with Gasteiger partial charge in [-0.25, -0.2) is 4.79 Å². The number of carboxylic acids is 1. The summed E-state index contributed by atoms with van der Waals surface area (Å²) in [7, 11) is 7.60. The van der Waals surface area contributed by atoms with Crippen LogP contribution in [-0.4, -0.2) is 163 Å². The van der Waals surface area contributed by atoms with E-state index in [1.165, 1.54) is 32.3 Å². The van der Waals surface area contributed by atoms with E-state index in [1.807, 2.05) is 24.3 Å². The van der Waals surface area contributed by atoms with Gasteiger partial charge in [-0.05, 0) is 92.3 Å². The van der Waals surface area contributed by atoms with Gasteiger partial charge in [-0.3, -0.25) is 39.0 Å². The van der Waals surface area contributed by atoms with Crippen LogP contribution in [0.15, 0.2) is 66.3 Å². The lowest BCUT2D eigenvalue weighted by atomic mass is 9.81. The molecule has 0 spiro atoms. The van der Waals surface area contributed by atoms with Crippen LogP contribution in [0.4, 0.5) is 0 Å². The van der Waals surface area contributed by atoms with Crippen LogP contribution in [0.5, 0.6) is 34.5 Å². The first-order valence-electron chi connectivity index (χ1n) is 25.2. The molecule has 0 bridgehead atoms. The van der Waals surface area contributed by atoms with Crippen molar-refractivity contribution in [3.8, 4) is 34.5 Å². The number of nitrogens with zero attached hydrogens (tertiary/aromatic N) is 2. The van der Waals surface area contributed by atoms with E-state index < -0.39 is 41.7 Å². The van der Waals surface area contributed by atoms with Crippen LogP contribution >= 0.6 is 0 Å². The van der Waals surface area contributed by atoms with Gasteiger partial charge in [0.2, 0.25) is 29.4 Å². The van der Waals surface area contributed by atoms with E-state index in [1.54, 1.807) is 38.5 Å². The first-order chi connectivity index (χ1) is 36.8. The molecule has 3 aromatic carbocycles. The number of nitrogens with one attached hydrogen (secondary N) is 2. The Labute approximate surface area is 440 Å². The SMILES string of the molecule is COc1cc(CC(=O)N2CCC(c3c(CCCC4=CC=CC(OCC(=O)NCCOCCOCCOc5cccc6c5C(=O)N(C5CCC(=O)NC5=O)C6=O)C4)ccc(OC)c3OC)C[C@H]2C(=O)O)cc(OC)c1OC. The molecule has 4 atom stereocenters. The molecule has 0 saturated carbocycles. The monoisotopic (exact) mass is 1050 g/mol. The maximum atomic E-state index is 13.8. The van der Waals surface area contributed by atoms with Gasteiger partial charge >= 0.3 is 5.97 Å². The van der Waals surface area contributed by atoms with Crippen molar-refractivity contribution in [1.82, 2.24) is 20.4 Å². The third-order valence-corrected chi connectivity index (χ3v) is 13.7. The summed E-state index contributed by atoms with van der Waals surface area (Å²) < 4.78 is 50.9. The van der Waals surface area contributed by atoms with Crippen molar-refractivity contribution in [3.63, 3.8) is 0 Å². The quantitative estimate of drug-likeness (QED) is 0.0709. The fourth-order valence-corrected chi connectivity index (χ4v) is 10.1. The number of ether oxygens (including phenoxy) is 9. The number of carbonyl (C=O) groups excluding carboxylic acids is 6. The van der Waals surface area contributed by atoms with Crippen molar-refractivity contribution in [2.75, 3.05) is 88.3 Å². The molecular weight excluding hydrogens is 989 g/mol. The van der Waals surface area contributed by atoms with E-state index in [-0.39, 0.29) is 119 Å². The third-order valence-electron chi connectivity index (χ3n) is 13.7. The lowest BCUT2D eigenvalue weighted by molar-refractivity contribution is -0.152. The Morgan fingerprint density at radius 2 is 1.51 bits per heavy atom. The van der Waals surface area contributed by atoms with Crippen LogP contribution in [-0.2, 0) is 51.0 Å². The van der Waals surface area contributed by atoms with Crippen molar-refractivity contribution >= 4 is 41.4 Å². The average molecular weight is 1060 g/mol. The third kappa shape index (κ3) is 13.5. The van der Waals surface area contributed by atoms with Crippen LogP contribution in [0.25, 0.3) is 0 Å². The van der Waals surface area contributed by atoms with E-state index in [0.717, 1.165) is 34.4 Å². The van der Waals surface area contributed by atoms with Crippen molar-refractivity contribution in [2.45, 2.75) is 81.9 Å². The summed E-state index contributed by atoms with van der Waals surface area (Å²) in [4.78, 5) is 91.9. The molecule has 3 N–H and O–H groups in total. The zero-order chi connectivity index (χ0) is 54.3. The smallest absolute Gasteiger partial charge is 0.326 e. The van der Waals surface area contributed by atoms with Gasteiger partial charge in [0.05, 0.1) is 85.6 Å². The maximum absolute atomic E-state index is 13.8. The fraction of sp³-hybridized carbons (Fsp3) is 0.473.